The van der Waals surface area contributed by atoms with Gasteiger partial charge in [-0.3, -0.25) is 0 Å². The summed E-state index contributed by atoms with van der Waals surface area (Å²) in [5.74, 6) is 1.12. The lowest BCUT2D eigenvalue weighted by Crippen LogP contribution is -2.08. The van der Waals surface area contributed by atoms with Crippen molar-refractivity contribution >= 4 is 11.6 Å². The average Bonchev–Trinajstić information content (AvgIpc) is 2.83. The van der Waals surface area contributed by atoms with Crippen molar-refractivity contribution in [2.24, 2.45) is 0 Å². The molecule has 3 rings (SSSR count). The Hall–Kier alpha value is -2.43. The maximum Gasteiger partial charge on any atom is 0.224 e. The first-order valence-corrected chi connectivity index (χ1v) is 6.81. The van der Waals surface area contributed by atoms with Crippen molar-refractivity contribution in [2.45, 2.75) is 26.2 Å². The second kappa shape index (κ2) is 5.28. The van der Waals surface area contributed by atoms with Crippen LogP contribution in [0, 0.1) is 0 Å². The Labute approximate surface area is 117 Å². The molecule has 0 aliphatic rings. The molecule has 0 saturated heterocycles. The highest BCUT2D eigenvalue weighted by Gasteiger charge is 2.09. The van der Waals surface area contributed by atoms with Crippen molar-refractivity contribution in [1.29, 1.82) is 0 Å². The third-order valence-corrected chi connectivity index (χ3v) is 3.16. The Kier molecular flexibility index (Phi) is 3.33. The van der Waals surface area contributed by atoms with E-state index in [-0.39, 0.29) is 0 Å². The molecule has 0 amide bonds. The number of nitrogen functional groups attached to an aromatic ring is 1. The molecule has 0 fully saturated rings. The Bertz CT molecular complexity index is 718. The van der Waals surface area contributed by atoms with Gasteiger partial charge in [0.1, 0.15) is 5.82 Å². The quantitative estimate of drug-likeness (QED) is 0.787. The summed E-state index contributed by atoms with van der Waals surface area (Å²) in [6, 6.07) is 12.1. The lowest BCUT2D eigenvalue weighted by Gasteiger charge is -2.03. The van der Waals surface area contributed by atoms with Crippen LogP contribution in [0.5, 0.6) is 0 Å². The summed E-state index contributed by atoms with van der Waals surface area (Å²) in [5.41, 5.74) is 8.92. The van der Waals surface area contributed by atoms with Gasteiger partial charge in [-0.15, -0.1) is 0 Å². The fourth-order valence-corrected chi connectivity index (χ4v) is 2.24. The number of anilines is 1. The van der Waals surface area contributed by atoms with Gasteiger partial charge in [-0.2, -0.15) is 14.6 Å². The second-order valence-electron chi connectivity index (χ2n) is 4.82. The minimum atomic E-state index is 0.392. The molecule has 0 unspecified atom stereocenters. The zero-order chi connectivity index (χ0) is 13.9. The van der Waals surface area contributed by atoms with Gasteiger partial charge in [-0.25, -0.2) is 4.98 Å². The molecule has 0 bridgehead atoms. The predicted octanol–water partition coefficient (Wildman–Crippen LogP) is 2.25. The minimum absolute atomic E-state index is 0.392. The zero-order valence-electron chi connectivity index (χ0n) is 11.5. The van der Waals surface area contributed by atoms with Crippen LogP contribution in [0.4, 0.5) is 5.95 Å². The van der Waals surface area contributed by atoms with Crippen molar-refractivity contribution in [3.05, 3.63) is 53.5 Å². The van der Waals surface area contributed by atoms with Crippen molar-refractivity contribution in [3.8, 4) is 0 Å². The highest BCUT2D eigenvalue weighted by molar-refractivity contribution is 5.44. The fourth-order valence-electron chi connectivity index (χ4n) is 2.24. The van der Waals surface area contributed by atoms with Crippen LogP contribution >= 0.6 is 0 Å². The molecule has 0 spiro atoms. The standard InChI is InChI=1S/C15H17N5/c1-2-6-12-10-14-17-13(18-15(16)20(14)19-12)9-11-7-4-3-5-8-11/h3-5,7-8,10H,2,6,9H2,1H3,(H2,16,17,18). The number of benzene rings is 1. The smallest absolute Gasteiger partial charge is 0.224 e. The number of nitrogens with two attached hydrogens (primary N) is 1. The van der Waals surface area contributed by atoms with Crippen LogP contribution in [-0.2, 0) is 12.8 Å². The Morgan fingerprint density at radius 1 is 1.15 bits per heavy atom. The molecule has 1 aromatic carbocycles. The Morgan fingerprint density at radius 3 is 2.70 bits per heavy atom. The lowest BCUT2D eigenvalue weighted by molar-refractivity contribution is 0.815. The monoisotopic (exact) mass is 267 g/mol. The molecule has 3 aromatic rings. The molecule has 0 atom stereocenters. The fraction of sp³-hybridized carbons (Fsp3) is 0.267. The van der Waals surface area contributed by atoms with Gasteiger partial charge in [0.2, 0.25) is 5.95 Å². The number of hydrogen-bond acceptors (Lipinski definition) is 4. The Morgan fingerprint density at radius 2 is 1.95 bits per heavy atom. The molecule has 5 nitrogen and oxygen atoms in total. The van der Waals surface area contributed by atoms with Gasteiger partial charge in [0.05, 0.1) is 5.69 Å². The van der Waals surface area contributed by atoms with Crippen LogP contribution in [0.15, 0.2) is 36.4 Å². The highest BCUT2D eigenvalue weighted by atomic mass is 15.3. The summed E-state index contributed by atoms with van der Waals surface area (Å²) < 4.78 is 1.61. The van der Waals surface area contributed by atoms with Gasteiger partial charge >= 0.3 is 0 Å². The topological polar surface area (TPSA) is 69.1 Å². The van der Waals surface area contributed by atoms with Crippen LogP contribution in [0.3, 0.4) is 0 Å². The molecule has 2 heterocycles. The van der Waals surface area contributed by atoms with E-state index in [0.717, 1.165) is 30.0 Å². The van der Waals surface area contributed by atoms with Crippen molar-refractivity contribution in [3.63, 3.8) is 0 Å². The number of aryl methyl sites for hydroxylation is 1. The molecule has 102 valence electrons. The normalized spacial score (nSPS) is 11.1. The van der Waals surface area contributed by atoms with E-state index in [1.165, 1.54) is 5.56 Å². The van der Waals surface area contributed by atoms with Crippen LogP contribution in [-0.4, -0.2) is 19.6 Å². The predicted molar refractivity (Wildman–Crippen MR) is 78.4 cm³/mol. The number of hydrogen-bond donors (Lipinski definition) is 1. The molecule has 20 heavy (non-hydrogen) atoms. The van der Waals surface area contributed by atoms with E-state index in [1.54, 1.807) is 4.52 Å². The third kappa shape index (κ3) is 2.47. The van der Waals surface area contributed by atoms with Crippen molar-refractivity contribution < 1.29 is 0 Å². The summed E-state index contributed by atoms with van der Waals surface area (Å²) in [6.45, 7) is 2.12. The summed E-state index contributed by atoms with van der Waals surface area (Å²) in [5, 5.41) is 4.42. The molecule has 0 aliphatic heterocycles. The maximum atomic E-state index is 5.97. The van der Waals surface area contributed by atoms with Gasteiger partial charge < -0.3 is 5.73 Å². The van der Waals surface area contributed by atoms with Gasteiger partial charge in [-0.1, -0.05) is 43.7 Å². The van der Waals surface area contributed by atoms with Crippen LogP contribution in [0.25, 0.3) is 5.65 Å². The molecule has 2 aromatic heterocycles. The van der Waals surface area contributed by atoms with Gasteiger partial charge in [0.15, 0.2) is 5.65 Å². The van der Waals surface area contributed by atoms with Crippen molar-refractivity contribution in [1.82, 2.24) is 19.6 Å². The summed E-state index contributed by atoms with van der Waals surface area (Å²) in [7, 11) is 0. The van der Waals surface area contributed by atoms with Crippen LogP contribution in [0.2, 0.25) is 0 Å². The largest absolute Gasteiger partial charge is 0.368 e. The van der Waals surface area contributed by atoms with E-state index in [9.17, 15) is 0 Å². The van der Waals surface area contributed by atoms with Gasteiger partial charge in [-0.05, 0) is 12.0 Å². The van der Waals surface area contributed by atoms with Gasteiger partial charge in [0.25, 0.3) is 0 Å². The second-order valence-corrected chi connectivity index (χ2v) is 4.82. The molecule has 0 saturated carbocycles. The maximum absolute atomic E-state index is 5.97. The number of nitrogens with zero attached hydrogens (tertiary/aromatic N) is 4. The third-order valence-electron chi connectivity index (χ3n) is 3.16. The van der Waals surface area contributed by atoms with E-state index in [2.05, 4.69) is 34.1 Å². The van der Waals surface area contributed by atoms with E-state index in [1.807, 2.05) is 24.3 Å². The van der Waals surface area contributed by atoms with Crippen LogP contribution in [0.1, 0.15) is 30.4 Å². The van der Waals surface area contributed by atoms with E-state index < -0.39 is 0 Å². The molecule has 0 aliphatic carbocycles. The summed E-state index contributed by atoms with van der Waals surface area (Å²) in [4.78, 5) is 8.88. The minimum Gasteiger partial charge on any atom is -0.368 e. The highest BCUT2D eigenvalue weighted by Crippen LogP contribution is 2.12. The summed E-state index contributed by atoms with van der Waals surface area (Å²) in [6.07, 6.45) is 2.65. The molecule has 0 radical (unpaired) electrons. The van der Waals surface area contributed by atoms with E-state index in [4.69, 9.17) is 5.73 Å². The van der Waals surface area contributed by atoms with Crippen LogP contribution < -0.4 is 5.73 Å². The number of fused-ring (bicyclic) bond motifs is 1. The number of aromatic nitrogens is 4. The SMILES string of the molecule is CCCc1cc2nc(Cc3ccccc3)nc(N)n2n1. The van der Waals surface area contributed by atoms with E-state index >= 15 is 0 Å². The summed E-state index contributed by atoms with van der Waals surface area (Å²) >= 11 is 0. The molecular weight excluding hydrogens is 250 g/mol. The van der Waals surface area contributed by atoms with Crippen molar-refractivity contribution in [2.75, 3.05) is 5.73 Å². The molecular formula is C15H17N5. The van der Waals surface area contributed by atoms with Gasteiger partial charge in [0, 0.05) is 12.5 Å². The zero-order valence-corrected chi connectivity index (χ0v) is 11.5. The molecule has 5 heteroatoms. The average molecular weight is 267 g/mol. The number of rotatable bonds is 4. The first-order valence-electron chi connectivity index (χ1n) is 6.81. The first kappa shape index (κ1) is 12.6. The molecule has 2 N–H and O–H groups in total. The Balaban J connectivity index is 1.96. The first-order chi connectivity index (χ1) is 9.76. The van der Waals surface area contributed by atoms with E-state index in [0.29, 0.717) is 12.4 Å². The lowest BCUT2D eigenvalue weighted by atomic mass is 10.1.